The number of anilines is 1. The van der Waals surface area contributed by atoms with Crippen molar-refractivity contribution in [3.63, 3.8) is 0 Å². The zero-order chi connectivity index (χ0) is 34.4. The normalized spacial score (nSPS) is 35.7. The molecular weight excluding hydrogens is 624 g/mol. The number of aliphatic imine (C=N–C) groups is 1. The van der Waals surface area contributed by atoms with Gasteiger partial charge in [0.2, 0.25) is 0 Å². The number of aromatic nitrogens is 1. The van der Waals surface area contributed by atoms with E-state index in [0.29, 0.717) is 55.5 Å². The lowest BCUT2D eigenvalue weighted by atomic mass is 9.43. The van der Waals surface area contributed by atoms with Crippen LogP contribution in [0.15, 0.2) is 71.1 Å². The number of aliphatic hydroxyl groups excluding tert-OH is 2. The fourth-order valence-corrected chi connectivity index (χ4v) is 9.42. The van der Waals surface area contributed by atoms with Crippen LogP contribution in [-0.4, -0.2) is 95.3 Å². The number of guanidine groups is 1. The van der Waals surface area contributed by atoms with Crippen molar-refractivity contribution in [2.24, 2.45) is 39.1 Å². The minimum atomic E-state index is -0.672. The van der Waals surface area contributed by atoms with Gasteiger partial charge in [0.05, 0.1) is 49.8 Å². The summed E-state index contributed by atoms with van der Waals surface area (Å²) in [5.41, 5.74) is 11.6. The van der Waals surface area contributed by atoms with Crippen LogP contribution in [-0.2, 0) is 19.0 Å². The number of morpholine rings is 1. The molecule has 1 aromatic carbocycles. The van der Waals surface area contributed by atoms with E-state index in [4.69, 9.17) is 25.7 Å². The van der Waals surface area contributed by atoms with E-state index in [0.717, 1.165) is 31.5 Å². The van der Waals surface area contributed by atoms with Crippen LogP contribution in [0.2, 0.25) is 0 Å². The number of nitrogens with two attached hydrogens (primary N) is 2. The smallest absolute Gasteiger partial charge is 0.341 e. The highest BCUT2D eigenvalue weighted by molar-refractivity contribution is 5.95. The number of hydrogen-bond donors (Lipinski definition) is 5. The number of hydrogen-bond acceptors (Lipinski definition) is 10. The number of nitrogens with one attached hydrogen (secondary N) is 1. The Hall–Kier alpha value is -3.81. The summed E-state index contributed by atoms with van der Waals surface area (Å²) < 4.78 is 18.2. The molecule has 5 aliphatic rings. The number of aliphatic hydroxyl groups is 2. The van der Waals surface area contributed by atoms with Crippen LogP contribution in [0.1, 0.15) is 45.1 Å². The molecule has 12 nitrogen and oxygen atoms in total. The number of epoxide rings is 1. The molecule has 8 atom stereocenters. The summed E-state index contributed by atoms with van der Waals surface area (Å²) in [7, 11) is 0. The van der Waals surface area contributed by atoms with Crippen LogP contribution in [0.4, 0.5) is 11.5 Å². The number of benzene rings is 1. The van der Waals surface area contributed by atoms with E-state index < -0.39 is 29.1 Å². The minimum Gasteiger partial charge on any atom is -0.423 e. The second-order valence-electron chi connectivity index (χ2n) is 14.8. The Morgan fingerprint density at radius 2 is 1.94 bits per heavy atom. The van der Waals surface area contributed by atoms with Crippen molar-refractivity contribution >= 4 is 29.5 Å². The van der Waals surface area contributed by atoms with Crippen molar-refractivity contribution in [3.8, 4) is 0 Å². The van der Waals surface area contributed by atoms with Gasteiger partial charge in [0.15, 0.2) is 5.96 Å². The number of rotatable bonds is 9. The zero-order valence-corrected chi connectivity index (χ0v) is 28.3. The lowest BCUT2D eigenvalue weighted by Crippen LogP contribution is -2.68. The molecule has 2 aliphatic carbocycles. The summed E-state index contributed by atoms with van der Waals surface area (Å²) in [4.78, 5) is 24.8. The average Bonchev–Trinajstić information content (AvgIpc) is 3.80. The lowest BCUT2D eigenvalue weighted by Gasteiger charge is -2.64. The van der Waals surface area contributed by atoms with Gasteiger partial charge >= 0.3 is 5.97 Å². The van der Waals surface area contributed by atoms with Gasteiger partial charge in [0, 0.05) is 30.7 Å². The molecule has 0 radical (unpaired) electrons. The molecular formula is C37H48N6O6. The summed E-state index contributed by atoms with van der Waals surface area (Å²) in [6.45, 7) is 7.82. The van der Waals surface area contributed by atoms with Crippen LogP contribution >= 0.6 is 0 Å². The Morgan fingerprint density at radius 1 is 1.18 bits per heavy atom. The third-order valence-corrected chi connectivity index (χ3v) is 12.1. The topological polar surface area (TPSA) is 181 Å². The highest BCUT2D eigenvalue weighted by Crippen LogP contribution is 2.67. The molecule has 262 valence electrons. The van der Waals surface area contributed by atoms with Crippen molar-refractivity contribution in [3.05, 3.63) is 71.6 Å². The maximum absolute atomic E-state index is 13.7. The Morgan fingerprint density at radius 3 is 2.59 bits per heavy atom. The van der Waals surface area contributed by atoms with Gasteiger partial charge in [0.25, 0.3) is 0 Å². The fourth-order valence-electron chi connectivity index (χ4n) is 9.42. The van der Waals surface area contributed by atoms with Gasteiger partial charge in [-0.1, -0.05) is 32.0 Å². The molecule has 3 aliphatic heterocycles. The van der Waals surface area contributed by atoms with Crippen LogP contribution in [0.25, 0.3) is 6.08 Å². The predicted octanol–water partition coefficient (Wildman–Crippen LogP) is 2.95. The van der Waals surface area contributed by atoms with Gasteiger partial charge < -0.3 is 41.2 Å². The number of ether oxygens (including phenoxy) is 3. The zero-order valence-electron chi connectivity index (χ0n) is 28.3. The van der Waals surface area contributed by atoms with Crippen molar-refractivity contribution < 1.29 is 29.2 Å². The summed E-state index contributed by atoms with van der Waals surface area (Å²) in [5.74, 6) is 0.681. The van der Waals surface area contributed by atoms with E-state index in [1.54, 1.807) is 18.3 Å². The van der Waals surface area contributed by atoms with E-state index in [2.05, 4.69) is 27.1 Å². The molecule has 4 heterocycles. The lowest BCUT2D eigenvalue weighted by molar-refractivity contribution is -0.197. The number of fused-ring (bicyclic) bond motifs is 1. The molecule has 4 fully saturated rings. The SMILES string of the molecule is C[C@]12CC[C@@H](O)[C@@](C)(CO)C1CC(N1CCOCC1)C1(CO1)C2CC(Nc1ccccn1)C1=C/C(=C\c2ccc(N=C(N)N)cc2)OC1=O. The van der Waals surface area contributed by atoms with Gasteiger partial charge in [-0.3, -0.25) is 4.90 Å². The van der Waals surface area contributed by atoms with Crippen molar-refractivity contribution in [2.75, 3.05) is 44.8 Å². The fraction of sp³-hybridized carbons (Fsp3) is 0.541. The second-order valence-corrected chi connectivity index (χ2v) is 14.8. The quantitative estimate of drug-likeness (QED) is 0.114. The number of allylic oxidation sites excluding steroid dienone is 1. The number of carbonyl (C=O) groups is 1. The first-order valence-electron chi connectivity index (χ1n) is 17.3. The summed E-state index contributed by atoms with van der Waals surface area (Å²) in [6, 6.07) is 12.6. The van der Waals surface area contributed by atoms with E-state index in [9.17, 15) is 15.0 Å². The summed E-state index contributed by atoms with van der Waals surface area (Å²) in [5, 5.41) is 25.8. The summed E-state index contributed by atoms with van der Waals surface area (Å²) in [6.07, 6.45) is 7.53. The minimum absolute atomic E-state index is 0.00371. The van der Waals surface area contributed by atoms with E-state index in [1.807, 2.05) is 49.4 Å². The molecule has 2 saturated heterocycles. The molecule has 1 aromatic heterocycles. The molecule has 7 rings (SSSR count). The number of cyclic esters (lactones) is 1. The van der Waals surface area contributed by atoms with E-state index in [1.165, 1.54) is 0 Å². The average molecular weight is 673 g/mol. The first kappa shape index (κ1) is 33.7. The second kappa shape index (κ2) is 13.1. The van der Waals surface area contributed by atoms with Crippen molar-refractivity contribution in [1.29, 1.82) is 0 Å². The van der Waals surface area contributed by atoms with Gasteiger partial charge in [0.1, 0.15) is 17.2 Å². The first-order valence-corrected chi connectivity index (χ1v) is 17.3. The number of carbonyl (C=O) groups excluding carboxylic acids is 1. The van der Waals surface area contributed by atoms with Crippen LogP contribution in [0.3, 0.4) is 0 Å². The highest BCUT2D eigenvalue weighted by Gasteiger charge is 2.71. The monoisotopic (exact) mass is 672 g/mol. The van der Waals surface area contributed by atoms with Crippen molar-refractivity contribution in [1.82, 2.24) is 9.88 Å². The maximum Gasteiger partial charge on any atom is 0.341 e. The first-order chi connectivity index (χ1) is 23.6. The molecule has 0 bridgehead atoms. The Labute approximate surface area is 287 Å². The standard InChI is InChI=1S/C37H48N6O6/c1-35-11-10-31(45)36(2,21-44)28(35)20-30(43-13-15-47-16-14-43)37(22-48-37)29(35)19-27(42-32-5-3-4-12-40-32)26-18-25(49-33(26)46)17-23-6-8-24(9-7-23)41-34(38)39/h3-9,12,17-18,27-31,44-45H,10-11,13-16,19-22H2,1-2H3,(H,40,42)(H4,38,39,41)/b25-17+/t27?,28?,29?,30?,31-,35+,36+,37?/m1/s1. The third kappa shape index (κ3) is 6.25. The van der Waals surface area contributed by atoms with Gasteiger partial charge in [-0.25, -0.2) is 14.8 Å². The van der Waals surface area contributed by atoms with Gasteiger partial charge in [-0.15, -0.1) is 0 Å². The largest absolute Gasteiger partial charge is 0.423 e. The third-order valence-electron chi connectivity index (χ3n) is 12.1. The Kier molecular flexibility index (Phi) is 9.03. The maximum atomic E-state index is 13.7. The molecule has 2 aromatic rings. The number of pyridine rings is 1. The van der Waals surface area contributed by atoms with Gasteiger partial charge in [-0.05, 0) is 84.9 Å². The highest BCUT2D eigenvalue weighted by atomic mass is 16.6. The van der Waals surface area contributed by atoms with Gasteiger partial charge in [-0.2, -0.15) is 0 Å². The molecule has 5 unspecified atom stereocenters. The van der Waals surface area contributed by atoms with Crippen LogP contribution in [0.5, 0.6) is 0 Å². The molecule has 1 spiro atoms. The van der Waals surface area contributed by atoms with Crippen molar-refractivity contribution in [2.45, 2.75) is 63.3 Å². The number of esters is 1. The van der Waals surface area contributed by atoms with Crippen LogP contribution in [0, 0.1) is 22.7 Å². The molecule has 2 saturated carbocycles. The van der Waals surface area contributed by atoms with E-state index in [-0.39, 0.29) is 35.9 Å². The number of nitrogens with zero attached hydrogens (tertiary/aromatic N) is 3. The van der Waals surface area contributed by atoms with Crippen LogP contribution < -0.4 is 16.8 Å². The molecule has 49 heavy (non-hydrogen) atoms. The Balaban J connectivity index is 1.27. The Bertz CT molecular complexity index is 1620. The summed E-state index contributed by atoms with van der Waals surface area (Å²) >= 11 is 0. The predicted molar refractivity (Wildman–Crippen MR) is 185 cm³/mol. The molecule has 7 N–H and O–H groups in total. The molecule has 12 heteroatoms. The molecule has 0 amide bonds. The van der Waals surface area contributed by atoms with E-state index >= 15 is 0 Å².